The Kier molecular flexibility index (Phi) is 11.5. The Balaban J connectivity index is 2.75. The number of benzene rings is 1. The van der Waals surface area contributed by atoms with E-state index in [1.807, 2.05) is 13.8 Å². The van der Waals surface area contributed by atoms with E-state index in [1.54, 1.807) is 72.0 Å². The molecule has 0 aliphatic heterocycles. The summed E-state index contributed by atoms with van der Waals surface area (Å²) in [6.07, 6.45) is 1.16. The van der Waals surface area contributed by atoms with Crippen LogP contribution in [0.25, 0.3) is 0 Å². The van der Waals surface area contributed by atoms with Crippen LogP contribution < -0.4 is 10.6 Å². The lowest BCUT2D eigenvalue weighted by molar-refractivity contribution is -0.138. The molecule has 0 radical (unpaired) electrons. The Bertz CT molecular complexity index is 933. The average Bonchev–Trinajstić information content (AvgIpc) is 2.77. The third kappa shape index (κ3) is 10.6. The highest BCUT2D eigenvalue weighted by Gasteiger charge is 2.23. The van der Waals surface area contributed by atoms with Crippen molar-refractivity contribution in [3.8, 4) is 0 Å². The topological polar surface area (TPSA) is 114 Å². The summed E-state index contributed by atoms with van der Waals surface area (Å²) in [6, 6.07) is 6.41. The fraction of sp³-hybridized carbons (Fsp3) is 0.538. The van der Waals surface area contributed by atoms with E-state index in [0.717, 1.165) is 0 Å². The number of likely N-dealkylation sites (N-methyl/N-ethyl adjacent to an activating group) is 1. The molecular weight excluding hydrogens is 450 g/mol. The fourth-order valence-electron chi connectivity index (χ4n) is 3.18. The molecule has 0 unspecified atom stereocenters. The Morgan fingerprint density at radius 3 is 2.34 bits per heavy atom. The monoisotopic (exact) mass is 489 g/mol. The summed E-state index contributed by atoms with van der Waals surface area (Å²) in [5.41, 5.74) is 0.896. The van der Waals surface area contributed by atoms with E-state index in [1.165, 1.54) is 4.90 Å². The number of rotatable bonds is 10. The average molecular weight is 490 g/mol. The van der Waals surface area contributed by atoms with Crippen LogP contribution in [0, 0.1) is 5.92 Å². The first kappa shape index (κ1) is 29.7. The molecule has 0 bridgehead atoms. The van der Waals surface area contributed by atoms with Gasteiger partial charge in [-0.3, -0.25) is 9.59 Å². The Labute approximate surface area is 208 Å². The number of alkyl carbamates (subject to hydrolysis) is 1. The smallest absolute Gasteiger partial charge is 0.407 e. The molecule has 1 atom stereocenters. The minimum atomic E-state index is -0.604. The quantitative estimate of drug-likeness (QED) is 0.384. The number of hydrogen-bond acceptors (Lipinski definition) is 6. The van der Waals surface area contributed by atoms with Crippen LogP contribution in [0.3, 0.4) is 0 Å². The minimum absolute atomic E-state index is 0.0400. The number of carbonyl (C=O) groups excluding carboxylic acids is 4. The molecule has 0 saturated heterocycles. The summed E-state index contributed by atoms with van der Waals surface area (Å²) in [4.78, 5) is 50.7. The van der Waals surface area contributed by atoms with Gasteiger partial charge in [-0.1, -0.05) is 32.1 Å². The highest BCUT2D eigenvalue weighted by atomic mass is 16.6. The molecule has 0 aromatic heterocycles. The standard InChI is InChI=1S/C26H39N3O6/c1-9-34-24(32)18(4)13-21(17(2)3)29(8)22(30)16-27-23(31)20-12-10-11-19(14-20)15-28-25(33)35-26(5,6)7/h10-14,17,21H,9,15-16H2,1-8H3,(H,27,31)(H,28,33)/b18-13+/t21-/m1/s1. The number of nitrogens with one attached hydrogen (secondary N) is 2. The van der Waals surface area contributed by atoms with E-state index in [9.17, 15) is 19.2 Å². The minimum Gasteiger partial charge on any atom is -0.463 e. The molecule has 0 aliphatic rings. The molecule has 0 saturated carbocycles. The predicted molar refractivity (Wildman–Crippen MR) is 134 cm³/mol. The van der Waals surface area contributed by atoms with Crippen LogP contribution >= 0.6 is 0 Å². The molecule has 0 heterocycles. The number of hydrogen-bond donors (Lipinski definition) is 2. The van der Waals surface area contributed by atoms with E-state index < -0.39 is 23.6 Å². The molecule has 2 N–H and O–H groups in total. The summed E-state index contributed by atoms with van der Waals surface area (Å²) in [5.74, 6) is -1.09. The molecule has 1 aromatic rings. The van der Waals surface area contributed by atoms with Gasteiger partial charge in [0.1, 0.15) is 5.60 Å². The van der Waals surface area contributed by atoms with Crippen molar-refractivity contribution in [2.75, 3.05) is 20.2 Å². The summed E-state index contributed by atoms with van der Waals surface area (Å²) in [7, 11) is 1.64. The third-order valence-electron chi connectivity index (χ3n) is 4.97. The molecule has 0 fully saturated rings. The van der Waals surface area contributed by atoms with E-state index in [-0.39, 0.29) is 37.6 Å². The van der Waals surface area contributed by atoms with Gasteiger partial charge >= 0.3 is 12.1 Å². The first-order chi connectivity index (χ1) is 16.2. The van der Waals surface area contributed by atoms with E-state index in [0.29, 0.717) is 16.7 Å². The SMILES string of the molecule is CCOC(=O)/C(C)=C/[C@H](C(C)C)N(C)C(=O)CNC(=O)c1cccc(CNC(=O)OC(C)(C)C)c1. The lowest BCUT2D eigenvalue weighted by atomic mass is 10.00. The zero-order valence-corrected chi connectivity index (χ0v) is 22.1. The van der Waals surface area contributed by atoms with Gasteiger partial charge in [0.2, 0.25) is 5.91 Å². The van der Waals surface area contributed by atoms with Crippen molar-refractivity contribution < 1.29 is 28.7 Å². The maximum atomic E-state index is 12.8. The van der Waals surface area contributed by atoms with Crippen LogP contribution in [-0.2, 0) is 25.6 Å². The maximum Gasteiger partial charge on any atom is 0.407 e. The van der Waals surface area contributed by atoms with Crippen molar-refractivity contribution in [2.45, 2.75) is 66.7 Å². The Hall–Kier alpha value is -3.36. The molecule has 35 heavy (non-hydrogen) atoms. The summed E-state index contributed by atoms with van der Waals surface area (Å²) < 4.78 is 10.2. The largest absolute Gasteiger partial charge is 0.463 e. The number of ether oxygens (including phenoxy) is 2. The second-order valence-corrected chi connectivity index (χ2v) is 9.55. The lowest BCUT2D eigenvalue weighted by Crippen LogP contribution is -2.44. The van der Waals surface area contributed by atoms with Crippen molar-refractivity contribution >= 4 is 23.9 Å². The van der Waals surface area contributed by atoms with E-state index >= 15 is 0 Å². The van der Waals surface area contributed by atoms with Crippen LogP contribution in [-0.4, -0.2) is 60.6 Å². The van der Waals surface area contributed by atoms with Gasteiger partial charge in [-0.15, -0.1) is 0 Å². The Morgan fingerprint density at radius 2 is 1.77 bits per heavy atom. The van der Waals surface area contributed by atoms with E-state index in [4.69, 9.17) is 9.47 Å². The van der Waals surface area contributed by atoms with Gasteiger partial charge in [0.25, 0.3) is 5.91 Å². The summed E-state index contributed by atoms with van der Waals surface area (Å²) in [6.45, 7) is 12.9. The van der Waals surface area contributed by atoms with Crippen molar-refractivity contribution in [1.82, 2.24) is 15.5 Å². The van der Waals surface area contributed by atoms with Crippen LogP contribution in [0.1, 0.15) is 64.4 Å². The second kappa shape index (κ2) is 13.5. The molecule has 194 valence electrons. The van der Waals surface area contributed by atoms with Crippen LogP contribution in [0.5, 0.6) is 0 Å². The van der Waals surface area contributed by atoms with Crippen molar-refractivity contribution in [1.29, 1.82) is 0 Å². The van der Waals surface area contributed by atoms with Crippen LogP contribution in [0.15, 0.2) is 35.9 Å². The van der Waals surface area contributed by atoms with Gasteiger partial charge in [0.15, 0.2) is 0 Å². The van der Waals surface area contributed by atoms with E-state index in [2.05, 4.69) is 10.6 Å². The molecule has 1 rings (SSSR count). The summed E-state index contributed by atoms with van der Waals surface area (Å²) >= 11 is 0. The van der Waals surface area contributed by atoms with Crippen LogP contribution in [0.4, 0.5) is 4.79 Å². The number of amides is 3. The molecular formula is C26H39N3O6. The molecule has 3 amide bonds. The van der Waals surface area contributed by atoms with Crippen molar-refractivity contribution in [3.05, 3.63) is 47.0 Å². The van der Waals surface area contributed by atoms with Gasteiger partial charge in [0, 0.05) is 24.7 Å². The second-order valence-electron chi connectivity index (χ2n) is 9.55. The maximum absolute atomic E-state index is 12.8. The van der Waals surface area contributed by atoms with Gasteiger partial charge in [-0.25, -0.2) is 9.59 Å². The van der Waals surface area contributed by atoms with Gasteiger partial charge in [0.05, 0.1) is 19.2 Å². The van der Waals surface area contributed by atoms with Gasteiger partial charge < -0.3 is 25.0 Å². The van der Waals surface area contributed by atoms with Crippen molar-refractivity contribution in [3.63, 3.8) is 0 Å². The first-order valence-electron chi connectivity index (χ1n) is 11.7. The van der Waals surface area contributed by atoms with Gasteiger partial charge in [-0.05, 0) is 58.2 Å². The Morgan fingerprint density at radius 1 is 1.11 bits per heavy atom. The fourth-order valence-corrected chi connectivity index (χ4v) is 3.18. The molecule has 0 spiro atoms. The molecule has 9 heteroatoms. The first-order valence-corrected chi connectivity index (χ1v) is 11.7. The predicted octanol–water partition coefficient (Wildman–Crippen LogP) is 3.43. The van der Waals surface area contributed by atoms with Crippen LogP contribution in [0.2, 0.25) is 0 Å². The normalized spacial score (nSPS) is 12.5. The molecule has 9 nitrogen and oxygen atoms in total. The van der Waals surface area contributed by atoms with Crippen molar-refractivity contribution in [2.24, 2.45) is 5.92 Å². The number of esters is 1. The lowest BCUT2D eigenvalue weighted by Gasteiger charge is -2.29. The third-order valence-corrected chi connectivity index (χ3v) is 4.97. The number of carbonyl (C=O) groups is 4. The molecule has 0 aliphatic carbocycles. The highest BCUT2D eigenvalue weighted by Crippen LogP contribution is 2.14. The van der Waals surface area contributed by atoms with Gasteiger partial charge in [-0.2, -0.15) is 0 Å². The summed E-state index contributed by atoms with van der Waals surface area (Å²) in [5, 5.41) is 5.29. The highest BCUT2D eigenvalue weighted by molar-refractivity contribution is 5.96. The molecule has 1 aromatic carbocycles. The zero-order valence-electron chi connectivity index (χ0n) is 22.1. The number of nitrogens with zero attached hydrogens (tertiary/aromatic N) is 1. The zero-order chi connectivity index (χ0) is 26.8.